The van der Waals surface area contributed by atoms with E-state index in [4.69, 9.17) is 16.3 Å². The van der Waals surface area contributed by atoms with E-state index in [1.54, 1.807) is 17.2 Å². The number of ether oxygens (including phenoxy) is 1. The topological polar surface area (TPSA) is 42.4 Å². The fourth-order valence-electron chi connectivity index (χ4n) is 1.90. The molecule has 0 atom stereocenters. The highest BCUT2D eigenvalue weighted by Crippen LogP contribution is 2.21. The summed E-state index contributed by atoms with van der Waals surface area (Å²) >= 11 is 5.99. The third kappa shape index (κ3) is 2.76. The molecule has 0 aromatic carbocycles. The maximum Gasteiger partial charge on any atom is 0.257 e. The molecule has 4 nitrogen and oxygen atoms in total. The summed E-state index contributed by atoms with van der Waals surface area (Å²) in [6.07, 6.45) is 3.08. The predicted molar refractivity (Wildman–Crippen MR) is 65.2 cm³/mol. The molecule has 1 fully saturated rings. The van der Waals surface area contributed by atoms with Crippen LogP contribution in [0.2, 0.25) is 5.02 Å². The minimum absolute atomic E-state index is 0.0838. The van der Waals surface area contributed by atoms with Crippen molar-refractivity contribution in [3.8, 4) is 0 Å². The van der Waals surface area contributed by atoms with Gasteiger partial charge in [0.05, 0.1) is 22.8 Å². The second-order valence-corrected chi connectivity index (χ2v) is 5.10. The smallest absolute Gasteiger partial charge is 0.257 e. The third-order valence-corrected chi connectivity index (χ3v) is 3.04. The van der Waals surface area contributed by atoms with Crippen LogP contribution in [0.5, 0.6) is 0 Å². The van der Waals surface area contributed by atoms with Crippen LogP contribution in [0.1, 0.15) is 24.2 Å². The zero-order valence-electron chi connectivity index (χ0n) is 9.94. The zero-order chi connectivity index (χ0) is 12.5. The average molecular weight is 255 g/mol. The first-order valence-electron chi connectivity index (χ1n) is 5.52. The Morgan fingerprint density at radius 2 is 2.35 bits per heavy atom. The third-order valence-electron chi connectivity index (χ3n) is 2.71. The molecule has 0 bridgehead atoms. The Kier molecular flexibility index (Phi) is 3.35. The first-order chi connectivity index (χ1) is 7.99. The minimum atomic E-state index is -0.303. The molecule has 0 aliphatic carbocycles. The molecule has 0 spiro atoms. The SMILES string of the molecule is CC1(C)CN(C(=O)c2cnccc2Cl)CCO1. The molecule has 0 radical (unpaired) electrons. The lowest BCUT2D eigenvalue weighted by molar-refractivity contribution is -0.0764. The number of halogens is 1. The van der Waals surface area contributed by atoms with E-state index in [1.807, 2.05) is 13.8 Å². The summed E-state index contributed by atoms with van der Waals surface area (Å²) < 4.78 is 5.57. The average Bonchev–Trinajstić information content (AvgIpc) is 2.27. The molecule has 2 rings (SSSR count). The van der Waals surface area contributed by atoms with Crippen LogP contribution >= 0.6 is 11.6 Å². The van der Waals surface area contributed by atoms with Gasteiger partial charge in [0.1, 0.15) is 0 Å². The Labute approximate surface area is 106 Å². The molecule has 0 unspecified atom stereocenters. The Hall–Kier alpha value is -1.13. The van der Waals surface area contributed by atoms with Gasteiger partial charge in [0, 0.05) is 25.5 Å². The lowest BCUT2D eigenvalue weighted by Crippen LogP contribution is -2.50. The van der Waals surface area contributed by atoms with Gasteiger partial charge >= 0.3 is 0 Å². The van der Waals surface area contributed by atoms with E-state index < -0.39 is 0 Å². The quantitative estimate of drug-likeness (QED) is 0.770. The van der Waals surface area contributed by atoms with Gasteiger partial charge in [-0.15, -0.1) is 0 Å². The van der Waals surface area contributed by atoms with Crippen molar-refractivity contribution in [2.75, 3.05) is 19.7 Å². The molecule has 17 heavy (non-hydrogen) atoms. The lowest BCUT2D eigenvalue weighted by Gasteiger charge is -2.38. The molecular formula is C12H15ClN2O2. The van der Waals surface area contributed by atoms with Gasteiger partial charge in [-0.25, -0.2) is 0 Å². The van der Waals surface area contributed by atoms with Crippen molar-refractivity contribution >= 4 is 17.5 Å². The first kappa shape index (κ1) is 12.3. The van der Waals surface area contributed by atoms with E-state index >= 15 is 0 Å². The predicted octanol–water partition coefficient (Wildman–Crippen LogP) is 1.99. The number of pyridine rings is 1. The van der Waals surface area contributed by atoms with Crippen LogP contribution in [0.25, 0.3) is 0 Å². The number of hydrogen-bond donors (Lipinski definition) is 0. The van der Waals surface area contributed by atoms with Crippen LogP contribution < -0.4 is 0 Å². The second kappa shape index (κ2) is 4.63. The van der Waals surface area contributed by atoms with Crippen LogP contribution in [0, 0.1) is 0 Å². The largest absolute Gasteiger partial charge is 0.372 e. The number of nitrogens with zero attached hydrogens (tertiary/aromatic N) is 2. The van der Waals surface area contributed by atoms with E-state index in [0.717, 1.165) is 0 Å². The fourth-order valence-corrected chi connectivity index (χ4v) is 2.08. The Morgan fingerprint density at radius 3 is 3.00 bits per heavy atom. The highest BCUT2D eigenvalue weighted by Gasteiger charge is 2.31. The number of hydrogen-bond acceptors (Lipinski definition) is 3. The van der Waals surface area contributed by atoms with Gasteiger partial charge in [-0.1, -0.05) is 11.6 Å². The normalized spacial score (nSPS) is 19.1. The van der Waals surface area contributed by atoms with Gasteiger partial charge in [0.25, 0.3) is 5.91 Å². The first-order valence-corrected chi connectivity index (χ1v) is 5.90. The summed E-state index contributed by atoms with van der Waals surface area (Å²) in [5.41, 5.74) is 0.148. The molecule has 1 aliphatic rings. The van der Waals surface area contributed by atoms with E-state index in [2.05, 4.69) is 4.98 Å². The standard InChI is InChI=1S/C12H15ClN2O2/c1-12(2)8-15(5-6-17-12)11(16)9-7-14-4-3-10(9)13/h3-4,7H,5-6,8H2,1-2H3. The van der Waals surface area contributed by atoms with Crippen LogP contribution in [0.15, 0.2) is 18.5 Å². The molecule has 92 valence electrons. The Morgan fingerprint density at radius 1 is 1.59 bits per heavy atom. The fraction of sp³-hybridized carbons (Fsp3) is 0.500. The second-order valence-electron chi connectivity index (χ2n) is 4.69. The van der Waals surface area contributed by atoms with E-state index in [-0.39, 0.29) is 11.5 Å². The van der Waals surface area contributed by atoms with Gasteiger partial charge in [0.15, 0.2) is 0 Å². The van der Waals surface area contributed by atoms with E-state index in [9.17, 15) is 4.79 Å². The molecule has 1 aromatic rings. The maximum absolute atomic E-state index is 12.3. The Bertz CT molecular complexity index is 434. The highest BCUT2D eigenvalue weighted by atomic mass is 35.5. The number of aromatic nitrogens is 1. The molecule has 1 aliphatic heterocycles. The van der Waals surface area contributed by atoms with Crippen LogP contribution in [0.3, 0.4) is 0 Å². The van der Waals surface area contributed by atoms with Gasteiger partial charge in [-0.2, -0.15) is 0 Å². The van der Waals surface area contributed by atoms with E-state index in [0.29, 0.717) is 30.3 Å². The molecule has 1 saturated heterocycles. The van der Waals surface area contributed by atoms with Crippen molar-refractivity contribution in [1.82, 2.24) is 9.88 Å². The maximum atomic E-state index is 12.3. The number of rotatable bonds is 1. The van der Waals surface area contributed by atoms with Gasteiger partial charge in [-0.3, -0.25) is 9.78 Å². The lowest BCUT2D eigenvalue weighted by atomic mass is 10.1. The number of morpholine rings is 1. The summed E-state index contributed by atoms with van der Waals surface area (Å²) in [4.78, 5) is 17.9. The number of carbonyl (C=O) groups is 1. The molecule has 5 heteroatoms. The van der Waals surface area contributed by atoms with Gasteiger partial charge in [-0.05, 0) is 19.9 Å². The molecule has 0 N–H and O–H groups in total. The molecular weight excluding hydrogens is 240 g/mol. The number of amides is 1. The van der Waals surface area contributed by atoms with Crippen LogP contribution in [-0.2, 0) is 4.74 Å². The summed E-state index contributed by atoms with van der Waals surface area (Å²) in [5.74, 6) is -0.0838. The summed E-state index contributed by atoms with van der Waals surface area (Å²) in [7, 11) is 0. The molecule has 0 saturated carbocycles. The Balaban J connectivity index is 2.18. The summed E-state index contributed by atoms with van der Waals surface area (Å²) in [6.45, 7) is 5.65. The van der Waals surface area contributed by atoms with Crippen molar-refractivity contribution in [3.05, 3.63) is 29.0 Å². The van der Waals surface area contributed by atoms with Gasteiger partial charge < -0.3 is 9.64 Å². The van der Waals surface area contributed by atoms with Gasteiger partial charge in [0.2, 0.25) is 0 Å². The highest BCUT2D eigenvalue weighted by molar-refractivity contribution is 6.33. The molecule has 1 amide bonds. The van der Waals surface area contributed by atoms with Crippen molar-refractivity contribution in [2.24, 2.45) is 0 Å². The molecule has 2 heterocycles. The van der Waals surface area contributed by atoms with Crippen molar-refractivity contribution in [1.29, 1.82) is 0 Å². The van der Waals surface area contributed by atoms with Crippen LogP contribution in [-0.4, -0.2) is 41.1 Å². The van der Waals surface area contributed by atoms with E-state index in [1.165, 1.54) is 6.20 Å². The summed E-state index contributed by atoms with van der Waals surface area (Å²) in [5, 5.41) is 0.439. The van der Waals surface area contributed by atoms with Crippen molar-refractivity contribution < 1.29 is 9.53 Å². The van der Waals surface area contributed by atoms with Crippen LogP contribution in [0.4, 0.5) is 0 Å². The monoisotopic (exact) mass is 254 g/mol. The van der Waals surface area contributed by atoms with Crippen molar-refractivity contribution in [2.45, 2.75) is 19.4 Å². The molecule has 1 aromatic heterocycles. The number of carbonyl (C=O) groups excluding carboxylic acids is 1. The van der Waals surface area contributed by atoms with Crippen molar-refractivity contribution in [3.63, 3.8) is 0 Å². The zero-order valence-corrected chi connectivity index (χ0v) is 10.7. The summed E-state index contributed by atoms with van der Waals surface area (Å²) in [6, 6.07) is 1.63. The minimum Gasteiger partial charge on any atom is -0.372 e.